The first kappa shape index (κ1) is 20.3. The van der Waals surface area contributed by atoms with Crippen LogP contribution in [0.1, 0.15) is 56.3 Å². The molecule has 0 spiro atoms. The van der Waals surface area contributed by atoms with Crippen LogP contribution in [0.3, 0.4) is 0 Å². The summed E-state index contributed by atoms with van der Waals surface area (Å²) in [5, 5.41) is 22.7. The molecule has 0 aliphatic heterocycles. The number of thioether (sulfide) groups is 1. The summed E-state index contributed by atoms with van der Waals surface area (Å²) in [6, 6.07) is 4.44. The van der Waals surface area contributed by atoms with Crippen molar-refractivity contribution in [2.75, 3.05) is 5.32 Å². The average Bonchev–Trinajstić information content (AvgIpc) is 3.04. The first-order valence-corrected chi connectivity index (χ1v) is 10.4. The fourth-order valence-electron chi connectivity index (χ4n) is 3.45. The molecular weight excluding hydrogens is 378 g/mol. The van der Waals surface area contributed by atoms with E-state index in [1.54, 1.807) is 19.9 Å². The summed E-state index contributed by atoms with van der Waals surface area (Å²) in [6.45, 7) is 3.60. The maximum atomic E-state index is 12.6. The van der Waals surface area contributed by atoms with Gasteiger partial charge in [0.25, 0.3) is 5.69 Å². The molecule has 1 aliphatic rings. The van der Waals surface area contributed by atoms with Crippen LogP contribution < -0.4 is 5.32 Å². The van der Waals surface area contributed by atoms with E-state index in [2.05, 4.69) is 15.5 Å². The zero-order valence-electron chi connectivity index (χ0n) is 16.3. The van der Waals surface area contributed by atoms with Crippen LogP contribution in [0.2, 0.25) is 0 Å². The molecule has 0 saturated heterocycles. The number of nitro groups is 1. The van der Waals surface area contributed by atoms with Gasteiger partial charge < -0.3 is 9.88 Å². The average molecular weight is 404 g/mol. The van der Waals surface area contributed by atoms with Crippen molar-refractivity contribution in [3.8, 4) is 0 Å². The molecule has 8 nitrogen and oxygen atoms in total. The van der Waals surface area contributed by atoms with E-state index in [0.717, 1.165) is 24.2 Å². The lowest BCUT2D eigenvalue weighted by atomic mass is 9.89. The third-order valence-corrected chi connectivity index (χ3v) is 6.31. The second-order valence-electron chi connectivity index (χ2n) is 7.24. The van der Waals surface area contributed by atoms with Gasteiger partial charge in [-0.3, -0.25) is 14.9 Å². The van der Waals surface area contributed by atoms with Crippen molar-refractivity contribution in [3.63, 3.8) is 0 Å². The fraction of sp³-hybridized carbons (Fsp3) is 0.526. The molecule has 9 heteroatoms. The number of amides is 1. The van der Waals surface area contributed by atoms with Gasteiger partial charge in [0.1, 0.15) is 5.82 Å². The lowest BCUT2D eigenvalue weighted by molar-refractivity contribution is -0.384. The molecule has 28 heavy (non-hydrogen) atoms. The Hall–Kier alpha value is -2.42. The minimum atomic E-state index is -0.473. The topological polar surface area (TPSA) is 103 Å². The van der Waals surface area contributed by atoms with Crippen LogP contribution in [-0.2, 0) is 11.8 Å². The maximum absolute atomic E-state index is 12.6. The molecule has 150 valence electrons. The van der Waals surface area contributed by atoms with E-state index < -0.39 is 10.2 Å². The Morgan fingerprint density at radius 3 is 2.71 bits per heavy atom. The number of nitrogens with one attached hydrogen (secondary N) is 1. The zero-order chi connectivity index (χ0) is 20.3. The summed E-state index contributed by atoms with van der Waals surface area (Å²) >= 11 is 1.34. The third kappa shape index (κ3) is 4.52. The molecular formula is C19H25N5O3S. The van der Waals surface area contributed by atoms with Gasteiger partial charge in [-0.2, -0.15) is 0 Å². The van der Waals surface area contributed by atoms with Gasteiger partial charge in [-0.15, -0.1) is 10.2 Å². The van der Waals surface area contributed by atoms with E-state index in [1.165, 1.54) is 43.2 Å². The largest absolute Gasteiger partial charge is 0.325 e. The van der Waals surface area contributed by atoms with Crippen molar-refractivity contribution >= 4 is 29.0 Å². The van der Waals surface area contributed by atoms with Crippen molar-refractivity contribution in [2.45, 2.75) is 62.3 Å². The summed E-state index contributed by atoms with van der Waals surface area (Å²) < 4.78 is 1.99. The number of benzene rings is 1. The number of anilines is 1. The SMILES string of the molecule is Cc1ccc([N+](=O)[O-])cc1NC(=O)C(C)Sc1nnc(C2CCCCC2)n1C. The normalized spacial score (nSPS) is 16.0. The molecule has 1 aromatic heterocycles. The second kappa shape index (κ2) is 8.72. The summed E-state index contributed by atoms with van der Waals surface area (Å²) in [6.07, 6.45) is 6.00. The molecule has 1 aliphatic carbocycles. The molecule has 1 unspecified atom stereocenters. The highest BCUT2D eigenvalue weighted by Crippen LogP contribution is 2.33. The third-order valence-electron chi connectivity index (χ3n) is 5.18. The minimum absolute atomic E-state index is 0.0494. The smallest absolute Gasteiger partial charge is 0.271 e. The van der Waals surface area contributed by atoms with Crippen molar-refractivity contribution in [2.24, 2.45) is 7.05 Å². The summed E-state index contributed by atoms with van der Waals surface area (Å²) in [5.74, 6) is 1.21. The van der Waals surface area contributed by atoms with Crippen LogP contribution in [0.5, 0.6) is 0 Å². The van der Waals surface area contributed by atoms with Crippen LogP contribution in [0.15, 0.2) is 23.4 Å². The Labute approximate surface area is 168 Å². The van der Waals surface area contributed by atoms with E-state index in [4.69, 9.17) is 0 Å². The van der Waals surface area contributed by atoms with Gasteiger partial charge in [0.15, 0.2) is 5.16 Å². The van der Waals surface area contributed by atoms with Gasteiger partial charge in [-0.25, -0.2) is 0 Å². The molecule has 1 aromatic carbocycles. The number of carbonyl (C=O) groups is 1. The van der Waals surface area contributed by atoms with E-state index in [0.29, 0.717) is 16.8 Å². The molecule has 1 atom stereocenters. The zero-order valence-corrected chi connectivity index (χ0v) is 17.2. The van der Waals surface area contributed by atoms with Crippen LogP contribution in [-0.4, -0.2) is 30.8 Å². The Balaban J connectivity index is 1.67. The number of non-ortho nitro benzene ring substituents is 1. The van der Waals surface area contributed by atoms with Crippen LogP contribution in [0, 0.1) is 17.0 Å². The van der Waals surface area contributed by atoms with Crippen molar-refractivity contribution in [3.05, 3.63) is 39.7 Å². The predicted octanol–water partition coefficient (Wildman–Crippen LogP) is 4.20. The monoisotopic (exact) mass is 403 g/mol. The maximum Gasteiger partial charge on any atom is 0.271 e. The number of nitrogens with zero attached hydrogens (tertiary/aromatic N) is 4. The summed E-state index contributed by atoms with van der Waals surface area (Å²) in [4.78, 5) is 23.1. The second-order valence-corrected chi connectivity index (χ2v) is 8.55. The van der Waals surface area contributed by atoms with Gasteiger partial charge in [-0.1, -0.05) is 37.1 Å². The number of hydrogen-bond donors (Lipinski definition) is 1. The Morgan fingerprint density at radius 2 is 2.04 bits per heavy atom. The molecule has 0 bridgehead atoms. The Kier molecular flexibility index (Phi) is 6.33. The van der Waals surface area contributed by atoms with Gasteiger partial charge in [0.2, 0.25) is 5.91 Å². The molecule has 1 N–H and O–H groups in total. The first-order chi connectivity index (χ1) is 13.4. The lowest BCUT2D eigenvalue weighted by Gasteiger charge is -2.20. The number of carbonyl (C=O) groups excluding carboxylic acids is 1. The summed E-state index contributed by atoms with van der Waals surface area (Å²) in [7, 11) is 1.95. The van der Waals surface area contributed by atoms with Crippen molar-refractivity contribution in [1.82, 2.24) is 14.8 Å². The number of hydrogen-bond acceptors (Lipinski definition) is 6. The minimum Gasteiger partial charge on any atom is -0.325 e. The van der Waals surface area contributed by atoms with Gasteiger partial charge in [0, 0.05) is 25.1 Å². The van der Waals surface area contributed by atoms with Crippen LogP contribution in [0.4, 0.5) is 11.4 Å². The van der Waals surface area contributed by atoms with Gasteiger partial charge in [0.05, 0.1) is 15.9 Å². The van der Waals surface area contributed by atoms with Crippen molar-refractivity contribution < 1.29 is 9.72 Å². The number of nitro benzene ring substituents is 1. The molecule has 2 aromatic rings. The number of aromatic nitrogens is 3. The number of rotatable bonds is 6. The quantitative estimate of drug-likeness (QED) is 0.440. The molecule has 1 saturated carbocycles. The predicted molar refractivity (Wildman–Crippen MR) is 109 cm³/mol. The van der Waals surface area contributed by atoms with E-state index in [1.807, 2.05) is 11.6 Å². The molecule has 1 amide bonds. The van der Waals surface area contributed by atoms with Crippen LogP contribution in [0.25, 0.3) is 0 Å². The molecule has 1 heterocycles. The van der Waals surface area contributed by atoms with Gasteiger partial charge in [-0.05, 0) is 32.3 Å². The van der Waals surface area contributed by atoms with E-state index in [-0.39, 0.29) is 11.6 Å². The Morgan fingerprint density at radius 1 is 1.32 bits per heavy atom. The molecule has 0 radical (unpaired) electrons. The lowest BCUT2D eigenvalue weighted by Crippen LogP contribution is -2.23. The van der Waals surface area contributed by atoms with Crippen LogP contribution >= 0.6 is 11.8 Å². The summed E-state index contributed by atoms with van der Waals surface area (Å²) in [5.41, 5.74) is 1.17. The highest BCUT2D eigenvalue weighted by molar-refractivity contribution is 8.00. The molecule has 3 rings (SSSR count). The highest BCUT2D eigenvalue weighted by Gasteiger charge is 2.24. The standard InChI is InChI=1S/C19H25N5O3S/c1-12-9-10-15(24(26)27)11-16(12)20-18(25)13(2)28-19-22-21-17(23(19)3)14-7-5-4-6-8-14/h9-11,13-14H,4-8H2,1-3H3,(H,20,25). The van der Waals surface area contributed by atoms with E-state index in [9.17, 15) is 14.9 Å². The van der Waals surface area contributed by atoms with Crippen molar-refractivity contribution in [1.29, 1.82) is 0 Å². The van der Waals surface area contributed by atoms with Gasteiger partial charge >= 0.3 is 0 Å². The Bertz CT molecular complexity index is 876. The fourth-order valence-corrected chi connectivity index (χ4v) is 4.27. The van der Waals surface area contributed by atoms with E-state index >= 15 is 0 Å². The highest BCUT2D eigenvalue weighted by atomic mass is 32.2. The first-order valence-electron chi connectivity index (χ1n) is 9.48. The molecule has 1 fully saturated rings. The number of aryl methyl sites for hydroxylation is 1.